The minimum absolute atomic E-state index is 0.274. The number of phosphoric acid groups is 1. The summed E-state index contributed by atoms with van der Waals surface area (Å²) in [5.41, 5.74) is 0. The molecule has 1 unspecified atom stereocenters. The highest BCUT2D eigenvalue weighted by Crippen LogP contribution is 2.49. The van der Waals surface area contributed by atoms with E-state index in [2.05, 4.69) is 11.4 Å². The summed E-state index contributed by atoms with van der Waals surface area (Å²) < 4.78 is 26.9. The second-order valence-corrected chi connectivity index (χ2v) is 5.70. The summed E-state index contributed by atoms with van der Waals surface area (Å²) in [6.45, 7) is 5.85. The topological polar surface area (TPSA) is 61.8 Å². The molecule has 0 saturated carbocycles. The summed E-state index contributed by atoms with van der Waals surface area (Å²) in [6.07, 6.45) is 5.69. The van der Waals surface area contributed by atoms with Gasteiger partial charge in [-0.1, -0.05) is 39.5 Å². The van der Waals surface area contributed by atoms with E-state index < -0.39 is 13.8 Å². The van der Waals surface area contributed by atoms with Crippen molar-refractivity contribution in [2.45, 2.75) is 59.3 Å². The normalized spacial score (nSPS) is 14.2. The molecule has 0 aliphatic carbocycles. The molecule has 5 nitrogen and oxygen atoms in total. The van der Waals surface area contributed by atoms with Crippen molar-refractivity contribution in [2.24, 2.45) is 0 Å². The fraction of sp³-hybridized carbons (Fsp3) is 0.917. The molecule has 0 aliphatic heterocycles. The molecule has 0 spiro atoms. The van der Waals surface area contributed by atoms with Crippen LogP contribution in [0, 0.1) is 0 Å². The van der Waals surface area contributed by atoms with E-state index in [1.165, 1.54) is 6.92 Å². The summed E-state index contributed by atoms with van der Waals surface area (Å²) >= 11 is 0. The lowest BCUT2D eigenvalue weighted by Gasteiger charge is -2.16. The predicted molar refractivity (Wildman–Crippen MR) is 70.3 cm³/mol. The molecule has 6 heteroatoms. The number of carbonyl (C=O) groups excluding carboxylic acids is 1. The second kappa shape index (κ2) is 10.5. The van der Waals surface area contributed by atoms with Gasteiger partial charge in [-0.15, -0.1) is 0 Å². The van der Waals surface area contributed by atoms with Crippen LogP contribution in [0.3, 0.4) is 0 Å². The average molecular weight is 280 g/mol. The third-order valence-corrected chi connectivity index (χ3v) is 3.71. The van der Waals surface area contributed by atoms with E-state index in [0.717, 1.165) is 38.5 Å². The third-order valence-electron chi connectivity index (χ3n) is 2.23. The van der Waals surface area contributed by atoms with Gasteiger partial charge in [0.15, 0.2) is 0 Å². The molecule has 0 radical (unpaired) electrons. The predicted octanol–water partition coefficient (Wildman–Crippen LogP) is 4.07. The molecule has 0 aromatic heterocycles. The van der Waals surface area contributed by atoms with Gasteiger partial charge in [0.2, 0.25) is 0 Å². The van der Waals surface area contributed by atoms with Crippen LogP contribution in [-0.2, 0) is 22.9 Å². The summed E-state index contributed by atoms with van der Waals surface area (Å²) in [5.74, 6) is -0.650. The molecule has 0 aromatic rings. The van der Waals surface area contributed by atoms with Gasteiger partial charge in [-0.25, -0.2) is 4.57 Å². The van der Waals surface area contributed by atoms with E-state index in [9.17, 15) is 9.36 Å². The van der Waals surface area contributed by atoms with E-state index >= 15 is 0 Å². The van der Waals surface area contributed by atoms with Gasteiger partial charge in [-0.2, -0.15) is 0 Å². The molecule has 0 rings (SSSR count). The first-order chi connectivity index (χ1) is 8.54. The summed E-state index contributed by atoms with van der Waals surface area (Å²) in [7, 11) is -3.70. The first-order valence-corrected chi connectivity index (χ1v) is 8.09. The van der Waals surface area contributed by atoms with Crippen LogP contribution >= 0.6 is 7.82 Å². The van der Waals surface area contributed by atoms with Gasteiger partial charge in [0.05, 0.1) is 13.2 Å². The standard InChI is InChI=1S/C12H25O5P/c1-4-6-8-9-11-16-18(14,17-12(3)13)15-10-7-5-2/h4-11H2,1-3H3. The summed E-state index contributed by atoms with van der Waals surface area (Å²) in [5, 5.41) is 0. The van der Waals surface area contributed by atoms with E-state index in [0.29, 0.717) is 0 Å². The molecule has 0 amide bonds. The smallest absolute Gasteiger partial charge is 0.371 e. The zero-order chi connectivity index (χ0) is 13.9. The van der Waals surface area contributed by atoms with Crippen molar-refractivity contribution in [3.05, 3.63) is 0 Å². The Morgan fingerprint density at radius 3 is 2.00 bits per heavy atom. The number of phosphoric ester groups is 1. The van der Waals surface area contributed by atoms with Gasteiger partial charge in [0, 0.05) is 6.92 Å². The molecule has 0 bridgehead atoms. The first-order valence-electron chi connectivity index (χ1n) is 6.63. The number of carbonyl (C=O) groups is 1. The summed E-state index contributed by atoms with van der Waals surface area (Å²) in [4.78, 5) is 10.9. The van der Waals surface area contributed by atoms with Crippen LogP contribution < -0.4 is 0 Å². The molecular weight excluding hydrogens is 255 g/mol. The lowest BCUT2D eigenvalue weighted by atomic mass is 10.2. The SMILES string of the molecule is CCCCCCOP(=O)(OCCCC)OC(C)=O. The van der Waals surface area contributed by atoms with Crippen molar-refractivity contribution >= 4 is 13.8 Å². The Morgan fingerprint density at radius 1 is 0.944 bits per heavy atom. The highest BCUT2D eigenvalue weighted by molar-refractivity contribution is 7.49. The molecule has 108 valence electrons. The number of rotatable bonds is 11. The number of hydrogen-bond donors (Lipinski definition) is 0. The molecule has 1 atom stereocenters. The van der Waals surface area contributed by atoms with Crippen LogP contribution in [0.2, 0.25) is 0 Å². The van der Waals surface area contributed by atoms with E-state index in [-0.39, 0.29) is 13.2 Å². The van der Waals surface area contributed by atoms with Crippen molar-refractivity contribution < 1.29 is 22.9 Å². The quantitative estimate of drug-likeness (QED) is 0.421. The van der Waals surface area contributed by atoms with E-state index in [4.69, 9.17) is 9.05 Å². The van der Waals surface area contributed by atoms with Gasteiger partial charge in [0.25, 0.3) is 0 Å². The molecule has 0 N–H and O–H groups in total. The fourth-order valence-electron chi connectivity index (χ4n) is 1.27. The van der Waals surface area contributed by atoms with Crippen LogP contribution in [0.25, 0.3) is 0 Å². The van der Waals surface area contributed by atoms with Crippen molar-refractivity contribution in [1.82, 2.24) is 0 Å². The molecule has 0 aromatic carbocycles. The highest BCUT2D eigenvalue weighted by Gasteiger charge is 2.29. The van der Waals surface area contributed by atoms with Crippen LogP contribution in [0.1, 0.15) is 59.3 Å². The molecular formula is C12H25O5P. The minimum Gasteiger partial charge on any atom is -0.371 e. The number of unbranched alkanes of at least 4 members (excludes halogenated alkanes) is 4. The third kappa shape index (κ3) is 9.63. The van der Waals surface area contributed by atoms with Gasteiger partial charge in [0.1, 0.15) is 0 Å². The van der Waals surface area contributed by atoms with Gasteiger partial charge in [-0.3, -0.25) is 13.8 Å². The van der Waals surface area contributed by atoms with Crippen molar-refractivity contribution in [3.63, 3.8) is 0 Å². The Hall–Kier alpha value is -0.380. The van der Waals surface area contributed by atoms with E-state index in [1.54, 1.807) is 0 Å². The highest BCUT2D eigenvalue weighted by atomic mass is 31.2. The average Bonchev–Trinajstić information content (AvgIpc) is 2.28. The first kappa shape index (κ1) is 17.6. The minimum atomic E-state index is -3.70. The molecule has 0 fully saturated rings. The Morgan fingerprint density at radius 2 is 1.50 bits per heavy atom. The van der Waals surface area contributed by atoms with E-state index in [1.807, 2.05) is 6.92 Å². The zero-order valence-corrected chi connectivity index (χ0v) is 12.5. The van der Waals surface area contributed by atoms with Crippen LogP contribution in [0.5, 0.6) is 0 Å². The van der Waals surface area contributed by atoms with Gasteiger partial charge in [-0.05, 0) is 12.8 Å². The Labute approximate surface area is 110 Å². The summed E-state index contributed by atoms with van der Waals surface area (Å²) in [6, 6.07) is 0. The maximum absolute atomic E-state index is 12.0. The Kier molecular flexibility index (Phi) is 10.3. The fourth-order valence-corrected chi connectivity index (χ4v) is 2.47. The molecule has 0 saturated heterocycles. The van der Waals surface area contributed by atoms with Gasteiger partial charge >= 0.3 is 13.8 Å². The van der Waals surface area contributed by atoms with Gasteiger partial charge < -0.3 is 4.52 Å². The largest absolute Gasteiger partial charge is 0.532 e. The monoisotopic (exact) mass is 280 g/mol. The maximum Gasteiger partial charge on any atom is 0.532 e. The molecule has 0 aliphatic rings. The van der Waals surface area contributed by atoms with Crippen molar-refractivity contribution in [3.8, 4) is 0 Å². The Bertz CT molecular complexity index is 267. The molecule has 18 heavy (non-hydrogen) atoms. The van der Waals surface area contributed by atoms with Crippen molar-refractivity contribution in [1.29, 1.82) is 0 Å². The van der Waals surface area contributed by atoms with Crippen LogP contribution in [0.15, 0.2) is 0 Å². The zero-order valence-electron chi connectivity index (χ0n) is 11.6. The second-order valence-electron chi connectivity index (χ2n) is 4.11. The van der Waals surface area contributed by atoms with Crippen LogP contribution in [-0.4, -0.2) is 19.2 Å². The Balaban J connectivity index is 4.04. The number of hydrogen-bond acceptors (Lipinski definition) is 5. The van der Waals surface area contributed by atoms with Crippen molar-refractivity contribution in [2.75, 3.05) is 13.2 Å². The van der Waals surface area contributed by atoms with Crippen LogP contribution in [0.4, 0.5) is 0 Å². The molecule has 0 heterocycles. The maximum atomic E-state index is 12.0. The lowest BCUT2D eigenvalue weighted by Crippen LogP contribution is -2.06. The lowest BCUT2D eigenvalue weighted by molar-refractivity contribution is -0.133.